The molecule has 2 atom stereocenters. The van der Waals surface area contributed by atoms with Crippen LogP contribution < -0.4 is 10.6 Å². The van der Waals surface area contributed by atoms with E-state index in [1.54, 1.807) is 6.07 Å². The van der Waals surface area contributed by atoms with Gasteiger partial charge in [-0.25, -0.2) is 13.6 Å². The molecule has 154 valence electrons. The zero-order chi connectivity index (χ0) is 21.4. The summed E-state index contributed by atoms with van der Waals surface area (Å²) in [5.74, 6) is -2.65. The summed E-state index contributed by atoms with van der Waals surface area (Å²) in [5.41, 5.74) is 1.12. The Hall–Kier alpha value is -3.29. The fourth-order valence-corrected chi connectivity index (χ4v) is 2.82. The van der Waals surface area contributed by atoms with Crippen LogP contribution in [-0.2, 0) is 32.0 Å². The standard InChI is InChI=1S/C21H22F2N2O4/c1-13(26)24-18(12-15-4-3-5-17(23)10-15)20(27)25-19(21(28)29-2)11-14-6-8-16(22)9-7-14/h3-10,18-19H,11-12H2,1-2H3,(H,24,26)(H,25,27)/t18-,19-/m1/s1. The molecular weight excluding hydrogens is 382 g/mol. The van der Waals surface area contributed by atoms with Crippen molar-refractivity contribution >= 4 is 17.8 Å². The highest BCUT2D eigenvalue weighted by molar-refractivity contribution is 5.90. The first kappa shape index (κ1) is 22.0. The van der Waals surface area contributed by atoms with Crippen molar-refractivity contribution in [1.82, 2.24) is 10.6 Å². The van der Waals surface area contributed by atoms with Crippen molar-refractivity contribution in [3.05, 3.63) is 71.3 Å². The van der Waals surface area contributed by atoms with Crippen LogP contribution in [0.3, 0.4) is 0 Å². The SMILES string of the molecule is COC(=O)[C@@H](Cc1ccc(F)cc1)NC(=O)[C@@H](Cc1cccc(F)c1)NC(C)=O. The van der Waals surface area contributed by atoms with Crippen molar-refractivity contribution < 1.29 is 27.9 Å². The van der Waals surface area contributed by atoms with E-state index in [2.05, 4.69) is 10.6 Å². The third-order valence-electron chi connectivity index (χ3n) is 4.18. The zero-order valence-electron chi connectivity index (χ0n) is 16.1. The molecule has 2 amide bonds. The Balaban J connectivity index is 2.16. The second-order valence-electron chi connectivity index (χ2n) is 6.50. The highest BCUT2D eigenvalue weighted by atomic mass is 19.1. The Morgan fingerprint density at radius 1 is 0.897 bits per heavy atom. The largest absolute Gasteiger partial charge is 0.467 e. The van der Waals surface area contributed by atoms with Crippen LogP contribution >= 0.6 is 0 Å². The second-order valence-corrected chi connectivity index (χ2v) is 6.50. The first-order valence-electron chi connectivity index (χ1n) is 8.92. The molecule has 2 N–H and O–H groups in total. The van der Waals surface area contributed by atoms with Gasteiger partial charge in [0.05, 0.1) is 7.11 Å². The highest BCUT2D eigenvalue weighted by Gasteiger charge is 2.27. The zero-order valence-corrected chi connectivity index (χ0v) is 16.1. The van der Waals surface area contributed by atoms with E-state index < -0.39 is 41.5 Å². The molecule has 2 aromatic rings. The number of rotatable bonds is 8. The van der Waals surface area contributed by atoms with Crippen molar-refractivity contribution in [2.45, 2.75) is 31.8 Å². The molecular formula is C21H22F2N2O4. The Kier molecular flexibility index (Phi) is 7.82. The van der Waals surface area contributed by atoms with Crippen molar-refractivity contribution in [2.75, 3.05) is 7.11 Å². The van der Waals surface area contributed by atoms with Crippen molar-refractivity contribution in [1.29, 1.82) is 0 Å². The van der Waals surface area contributed by atoms with Gasteiger partial charge in [0.2, 0.25) is 11.8 Å². The van der Waals surface area contributed by atoms with Gasteiger partial charge in [-0.1, -0.05) is 24.3 Å². The van der Waals surface area contributed by atoms with E-state index in [1.807, 2.05) is 0 Å². The summed E-state index contributed by atoms with van der Waals surface area (Å²) >= 11 is 0. The third-order valence-corrected chi connectivity index (χ3v) is 4.18. The quantitative estimate of drug-likeness (QED) is 0.659. The highest BCUT2D eigenvalue weighted by Crippen LogP contribution is 2.10. The summed E-state index contributed by atoms with van der Waals surface area (Å²) in [6.45, 7) is 1.25. The summed E-state index contributed by atoms with van der Waals surface area (Å²) < 4.78 is 31.3. The van der Waals surface area contributed by atoms with Gasteiger partial charge in [-0.3, -0.25) is 9.59 Å². The lowest BCUT2D eigenvalue weighted by molar-refractivity contribution is -0.145. The van der Waals surface area contributed by atoms with Crippen molar-refractivity contribution in [2.24, 2.45) is 0 Å². The average molecular weight is 404 g/mol. The Bertz CT molecular complexity index is 871. The van der Waals surface area contributed by atoms with Crippen LogP contribution in [0.25, 0.3) is 0 Å². The van der Waals surface area contributed by atoms with Crippen LogP contribution in [0.2, 0.25) is 0 Å². The number of carbonyl (C=O) groups is 3. The van der Waals surface area contributed by atoms with Gasteiger partial charge in [0.15, 0.2) is 0 Å². The molecule has 0 fully saturated rings. The van der Waals surface area contributed by atoms with Gasteiger partial charge in [0, 0.05) is 19.8 Å². The number of esters is 1. The van der Waals surface area contributed by atoms with E-state index in [1.165, 1.54) is 56.5 Å². The number of hydrogen-bond donors (Lipinski definition) is 2. The first-order valence-corrected chi connectivity index (χ1v) is 8.92. The van der Waals surface area contributed by atoms with Gasteiger partial charge in [-0.05, 0) is 35.4 Å². The molecule has 8 heteroatoms. The molecule has 0 radical (unpaired) electrons. The number of hydrogen-bond acceptors (Lipinski definition) is 4. The summed E-state index contributed by atoms with van der Waals surface area (Å²) in [7, 11) is 1.18. The molecule has 0 heterocycles. The maximum atomic E-state index is 13.4. The first-order chi connectivity index (χ1) is 13.8. The van der Waals surface area contributed by atoms with Crippen LogP contribution in [-0.4, -0.2) is 37.0 Å². The molecule has 6 nitrogen and oxygen atoms in total. The Labute approximate surface area is 167 Å². The van der Waals surface area contributed by atoms with E-state index in [9.17, 15) is 23.2 Å². The fourth-order valence-electron chi connectivity index (χ4n) is 2.82. The van der Waals surface area contributed by atoms with Crippen LogP contribution in [0.5, 0.6) is 0 Å². The normalized spacial score (nSPS) is 12.6. The monoisotopic (exact) mass is 404 g/mol. The number of methoxy groups -OCH3 is 1. The molecule has 0 saturated heterocycles. The lowest BCUT2D eigenvalue weighted by Gasteiger charge is -2.22. The van der Waals surface area contributed by atoms with Gasteiger partial charge in [-0.2, -0.15) is 0 Å². The van der Waals surface area contributed by atoms with Crippen molar-refractivity contribution in [3.8, 4) is 0 Å². The number of nitrogens with one attached hydrogen (secondary N) is 2. The molecule has 0 saturated carbocycles. The summed E-state index contributed by atoms with van der Waals surface area (Å²) in [5, 5.41) is 5.06. The van der Waals surface area contributed by atoms with E-state index >= 15 is 0 Å². The van der Waals surface area contributed by atoms with E-state index in [-0.39, 0.29) is 12.8 Å². The Morgan fingerprint density at radius 2 is 1.55 bits per heavy atom. The smallest absolute Gasteiger partial charge is 0.328 e. The number of halogens is 2. The number of ether oxygens (including phenoxy) is 1. The molecule has 2 rings (SSSR count). The maximum absolute atomic E-state index is 13.4. The number of amides is 2. The summed E-state index contributed by atoms with van der Waals surface area (Å²) in [4.78, 5) is 36.4. The molecule has 29 heavy (non-hydrogen) atoms. The van der Waals surface area contributed by atoms with Crippen LogP contribution in [0.1, 0.15) is 18.1 Å². The molecule has 0 aliphatic heterocycles. The third kappa shape index (κ3) is 6.99. The lowest BCUT2D eigenvalue weighted by atomic mass is 10.0. The second kappa shape index (κ2) is 10.3. The van der Waals surface area contributed by atoms with Crippen molar-refractivity contribution in [3.63, 3.8) is 0 Å². The minimum atomic E-state index is -1.04. The minimum Gasteiger partial charge on any atom is -0.467 e. The molecule has 0 aromatic heterocycles. The van der Waals surface area contributed by atoms with Gasteiger partial charge >= 0.3 is 5.97 Å². The molecule has 0 unspecified atom stereocenters. The van der Waals surface area contributed by atoms with Crippen LogP contribution in [0.4, 0.5) is 8.78 Å². The van der Waals surface area contributed by atoms with Crippen LogP contribution in [0, 0.1) is 11.6 Å². The predicted octanol–water partition coefficient (Wildman–Crippen LogP) is 1.91. The fraction of sp³-hybridized carbons (Fsp3) is 0.286. The Morgan fingerprint density at radius 3 is 2.14 bits per heavy atom. The van der Waals surface area contributed by atoms with Gasteiger partial charge in [0.25, 0.3) is 0 Å². The number of carbonyl (C=O) groups excluding carboxylic acids is 3. The molecule has 0 aliphatic rings. The maximum Gasteiger partial charge on any atom is 0.328 e. The van der Waals surface area contributed by atoms with Gasteiger partial charge < -0.3 is 15.4 Å². The summed E-state index contributed by atoms with van der Waals surface area (Å²) in [6.07, 6.45) is 0.110. The minimum absolute atomic E-state index is 0.0353. The molecule has 0 spiro atoms. The van der Waals surface area contributed by atoms with Gasteiger partial charge in [-0.15, -0.1) is 0 Å². The summed E-state index contributed by atoms with van der Waals surface area (Å²) in [6, 6.07) is 9.08. The van der Waals surface area contributed by atoms with Crippen LogP contribution in [0.15, 0.2) is 48.5 Å². The average Bonchev–Trinajstić information content (AvgIpc) is 2.67. The lowest BCUT2D eigenvalue weighted by Crippen LogP contribution is -2.53. The number of benzene rings is 2. The molecule has 0 aliphatic carbocycles. The van der Waals surface area contributed by atoms with E-state index in [4.69, 9.17) is 4.74 Å². The van der Waals surface area contributed by atoms with Gasteiger partial charge in [0.1, 0.15) is 23.7 Å². The topological polar surface area (TPSA) is 84.5 Å². The predicted molar refractivity (Wildman–Crippen MR) is 102 cm³/mol. The van der Waals surface area contributed by atoms with E-state index in [0.29, 0.717) is 11.1 Å². The van der Waals surface area contributed by atoms with E-state index in [0.717, 1.165) is 0 Å². The molecule has 0 bridgehead atoms. The molecule has 2 aromatic carbocycles.